The maximum Gasteiger partial charge on any atom is 0.245 e. The Morgan fingerprint density at radius 1 is 0.778 bits per heavy atom. The highest BCUT2D eigenvalue weighted by molar-refractivity contribution is 5.94. The predicted octanol–water partition coefficient (Wildman–Crippen LogP) is 3.87. The van der Waals surface area contributed by atoms with Crippen molar-refractivity contribution in [1.29, 1.82) is 0 Å². The van der Waals surface area contributed by atoms with Crippen LogP contribution in [0.1, 0.15) is 59.1 Å². The zero-order valence-electron chi connectivity index (χ0n) is 17.1. The van der Waals surface area contributed by atoms with Crippen LogP contribution >= 0.6 is 0 Å². The molecule has 2 N–H and O–H groups in total. The summed E-state index contributed by atoms with van der Waals surface area (Å²) in [6.07, 6.45) is 4.61. The van der Waals surface area contributed by atoms with Gasteiger partial charge in [0.25, 0.3) is 0 Å². The number of carbonyl (C=O) groups excluding carboxylic acids is 2. The topological polar surface area (TPSA) is 68.1 Å². The second kappa shape index (κ2) is 6.59. The predicted molar refractivity (Wildman–Crippen MR) is 108 cm³/mol. The second-order valence-electron chi connectivity index (χ2n) is 9.32. The van der Waals surface area contributed by atoms with Gasteiger partial charge in [-0.3, -0.25) is 9.59 Å². The maximum absolute atomic E-state index is 11.3. The van der Waals surface area contributed by atoms with Gasteiger partial charge in [-0.05, 0) is 34.1 Å². The summed E-state index contributed by atoms with van der Waals surface area (Å²) in [4.78, 5) is 22.4. The van der Waals surface area contributed by atoms with E-state index in [4.69, 9.17) is 0 Å². The zero-order chi connectivity index (χ0) is 20.0. The van der Waals surface area contributed by atoms with Gasteiger partial charge in [0.05, 0.1) is 0 Å². The van der Waals surface area contributed by atoms with E-state index in [1.807, 2.05) is 10.8 Å². The van der Waals surface area contributed by atoms with Crippen LogP contribution in [0.15, 0.2) is 24.5 Å². The molecule has 27 heavy (non-hydrogen) atoms. The Morgan fingerprint density at radius 2 is 1.26 bits per heavy atom. The average Bonchev–Trinajstić information content (AvgIpc) is 3.18. The fourth-order valence-corrected chi connectivity index (χ4v) is 3.50. The largest absolute Gasteiger partial charge is 0.334 e. The third kappa shape index (κ3) is 3.94. The minimum absolute atomic E-state index is 0.0844. The minimum Gasteiger partial charge on any atom is -0.334 e. The lowest BCUT2D eigenvalue weighted by Gasteiger charge is -2.23. The van der Waals surface area contributed by atoms with Crippen molar-refractivity contribution in [2.75, 3.05) is 10.6 Å². The molecule has 0 aromatic carbocycles. The van der Waals surface area contributed by atoms with Crippen LogP contribution in [-0.4, -0.2) is 20.9 Å². The number of hydrogen-bond acceptors (Lipinski definition) is 2. The van der Waals surface area contributed by atoms with E-state index in [-0.39, 0.29) is 22.6 Å². The standard InChI is InChI=1S/C11H16N2O.C10H14N2O/c1-11(2,3)8-4-6-13-7-5-9(14)12-10(8)13;1-10(2,3)7-4-5-12-6-8(13)11-9(7)12/h4,6H,5,7H2,1-3H3,(H,12,14);4-5H,6H2,1-3H3,(H,11,13). The van der Waals surface area contributed by atoms with Gasteiger partial charge in [0, 0.05) is 25.4 Å². The molecule has 2 aliphatic rings. The molecule has 0 saturated carbocycles. The van der Waals surface area contributed by atoms with Crippen molar-refractivity contribution < 1.29 is 9.59 Å². The molecule has 2 aromatic heterocycles. The molecule has 0 aliphatic carbocycles. The molecule has 146 valence electrons. The van der Waals surface area contributed by atoms with Crippen molar-refractivity contribution in [3.8, 4) is 0 Å². The molecule has 0 spiro atoms. The van der Waals surface area contributed by atoms with Crippen molar-refractivity contribution in [2.45, 2.75) is 71.9 Å². The molecule has 0 bridgehead atoms. The van der Waals surface area contributed by atoms with E-state index < -0.39 is 0 Å². The fourth-order valence-electron chi connectivity index (χ4n) is 3.50. The van der Waals surface area contributed by atoms with Gasteiger partial charge in [-0.25, -0.2) is 0 Å². The summed E-state index contributed by atoms with van der Waals surface area (Å²) in [7, 11) is 0. The lowest BCUT2D eigenvalue weighted by atomic mass is 9.88. The number of aryl methyl sites for hydroxylation is 1. The van der Waals surface area contributed by atoms with E-state index in [0.29, 0.717) is 13.0 Å². The lowest BCUT2D eigenvalue weighted by Crippen LogP contribution is -2.25. The molecule has 2 aromatic rings. The van der Waals surface area contributed by atoms with Crippen LogP contribution in [0.5, 0.6) is 0 Å². The Morgan fingerprint density at radius 3 is 1.81 bits per heavy atom. The van der Waals surface area contributed by atoms with E-state index in [1.54, 1.807) is 0 Å². The first-order chi connectivity index (χ1) is 12.5. The number of fused-ring (bicyclic) bond motifs is 2. The third-order valence-corrected chi connectivity index (χ3v) is 4.95. The van der Waals surface area contributed by atoms with Gasteiger partial charge in [0.1, 0.15) is 18.2 Å². The van der Waals surface area contributed by atoms with Crippen molar-refractivity contribution in [3.05, 3.63) is 35.7 Å². The van der Waals surface area contributed by atoms with Crippen LogP contribution in [0.25, 0.3) is 0 Å². The van der Waals surface area contributed by atoms with Crippen LogP contribution in [-0.2, 0) is 33.5 Å². The third-order valence-electron chi connectivity index (χ3n) is 4.95. The molecule has 0 unspecified atom stereocenters. The summed E-state index contributed by atoms with van der Waals surface area (Å²) >= 11 is 0. The summed E-state index contributed by atoms with van der Waals surface area (Å²) in [6.45, 7) is 14.2. The van der Waals surface area contributed by atoms with Crippen molar-refractivity contribution in [2.24, 2.45) is 0 Å². The molecule has 6 nitrogen and oxygen atoms in total. The maximum atomic E-state index is 11.3. The number of aromatic nitrogens is 2. The highest BCUT2D eigenvalue weighted by atomic mass is 16.2. The highest BCUT2D eigenvalue weighted by Crippen LogP contribution is 2.33. The molecule has 0 saturated heterocycles. The van der Waals surface area contributed by atoms with Gasteiger partial charge in [-0.2, -0.15) is 0 Å². The summed E-state index contributed by atoms with van der Waals surface area (Å²) in [5.74, 6) is 2.16. The normalized spacial score (nSPS) is 16.1. The number of rotatable bonds is 0. The van der Waals surface area contributed by atoms with Gasteiger partial charge >= 0.3 is 0 Å². The van der Waals surface area contributed by atoms with Crippen LogP contribution in [0.2, 0.25) is 0 Å². The fraction of sp³-hybridized carbons (Fsp3) is 0.524. The number of anilines is 2. The smallest absolute Gasteiger partial charge is 0.245 e. The lowest BCUT2D eigenvalue weighted by molar-refractivity contribution is -0.117. The molecule has 0 radical (unpaired) electrons. The number of carbonyl (C=O) groups is 2. The van der Waals surface area contributed by atoms with Gasteiger partial charge in [0.2, 0.25) is 11.8 Å². The molecule has 4 heterocycles. The molecule has 2 amide bonds. The molecular weight excluding hydrogens is 340 g/mol. The van der Waals surface area contributed by atoms with Crippen molar-refractivity contribution in [1.82, 2.24) is 9.13 Å². The number of nitrogens with zero attached hydrogens (tertiary/aromatic N) is 2. The van der Waals surface area contributed by atoms with Gasteiger partial charge < -0.3 is 19.8 Å². The minimum atomic E-state index is 0.0844. The van der Waals surface area contributed by atoms with Crippen molar-refractivity contribution >= 4 is 23.5 Å². The molecular formula is C21H30N4O2. The zero-order valence-corrected chi connectivity index (χ0v) is 17.1. The molecule has 4 rings (SSSR count). The first kappa shape index (κ1) is 19.3. The Labute approximate surface area is 160 Å². The van der Waals surface area contributed by atoms with E-state index >= 15 is 0 Å². The molecule has 6 heteroatoms. The number of nitrogens with one attached hydrogen (secondary N) is 2. The van der Waals surface area contributed by atoms with Crippen LogP contribution in [0.3, 0.4) is 0 Å². The summed E-state index contributed by atoms with van der Waals surface area (Å²) in [5, 5.41) is 5.82. The summed E-state index contributed by atoms with van der Waals surface area (Å²) in [5.41, 5.74) is 2.60. The van der Waals surface area contributed by atoms with Crippen LogP contribution in [0.4, 0.5) is 11.6 Å². The molecule has 2 aliphatic heterocycles. The van der Waals surface area contributed by atoms with Crippen LogP contribution in [0, 0.1) is 0 Å². The Balaban J connectivity index is 0.000000156. The first-order valence-electron chi connectivity index (χ1n) is 9.46. The van der Waals surface area contributed by atoms with Gasteiger partial charge in [-0.15, -0.1) is 0 Å². The quantitative estimate of drug-likeness (QED) is 0.739. The highest BCUT2D eigenvalue weighted by Gasteiger charge is 2.27. The molecule has 0 atom stereocenters. The Kier molecular flexibility index (Phi) is 4.70. The summed E-state index contributed by atoms with van der Waals surface area (Å²) < 4.78 is 4.07. The average molecular weight is 370 g/mol. The first-order valence-corrected chi connectivity index (χ1v) is 9.46. The molecule has 0 fully saturated rings. The van der Waals surface area contributed by atoms with Crippen molar-refractivity contribution in [3.63, 3.8) is 0 Å². The van der Waals surface area contributed by atoms with Gasteiger partial charge in [-0.1, -0.05) is 41.5 Å². The Hall–Kier alpha value is -2.50. The second-order valence-corrected chi connectivity index (χ2v) is 9.32. The van der Waals surface area contributed by atoms with E-state index in [9.17, 15) is 9.59 Å². The van der Waals surface area contributed by atoms with E-state index in [1.165, 1.54) is 11.1 Å². The number of hydrogen-bond donors (Lipinski definition) is 2. The Bertz CT molecular complexity index is 875. The van der Waals surface area contributed by atoms with E-state index in [0.717, 1.165) is 18.2 Å². The van der Waals surface area contributed by atoms with E-state index in [2.05, 4.69) is 75.1 Å². The van der Waals surface area contributed by atoms with Gasteiger partial charge in [0.15, 0.2) is 0 Å². The van der Waals surface area contributed by atoms with Crippen LogP contribution < -0.4 is 10.6 Å². The monoisotopic (exact) mass is 370 g/mol. The summed E-state index contributed by atoms with van der Waals surface area (Å²) in [6, 6.07) is 4.18. The number of amides is 2. The SMILES string of the molecule is CC(C)(C)c1ccn2c1NC(=O)C2.CC(C)(C)c1ccn2c1NC(=O)CC2.